The van der Waals surface area contributed by atoms with Gasteiger partial charge in [0.2, 0.25) is 5.71 Å². The predicted molar refractivity (Wildman–Crippen MR) is 156 cm³/mol. The molecular weight excluding hydrogens is 673 g/mol. The van der Waals surface area contributed by atoms with Gasteiger partial charge in [0.25, 0.3) is 11.4 Å². The van der Waals surface area contributed by atoms with Crippen LogP contribution in [0.1, 0.15) is 20.8 Å². The molecule has 5 nitrogen and oxygen atoms in total. The van der Waals surface area contributed by atoms with Crippen molar-refractivity contribution in [1.29, 1.82) is 0 Å². The van der Waals surface area contributed by atoms with E-state index < -0.39 is 0 Å². The molecule has 0 atom stereocenters. The largest absolute Gasteiger partial charge is 0.495 e. The van der Waals surface area contributed by atoms with E-state index in [1.807, 2.05) is 71.3 Å². The molecule has 0 bridgehead atoms. The average Bonchev–Trinajstić information content (AvgIpc) is 3.52. The van der Waals surface area contributed by atoms with Gasteiger partial charge in [-0.3, -0.25) is 0 Å². The SMILES string of the molecule is CC(C)(C)C[N+]1=C=[N+](c2[c-]ccc3c2oc2ncccc23)c2ccccc21.[Ir].[c-]1ccccc1-c1ccccn1. The summed E-state index contributed by atoms with van der Waals surface area (Å²) in [5.41, 5.74) is 6.67. The van der Waals surface area contributed by atoms with Gasteiger partial charge in [0.1, 0.15) is 0 Å². The third-order valence-corrected chi connectivity index (χ3v) is 6.33. The van der Waals surface area contributed by atoms with Gasteiger partial charge in [-0.05, 0) is 23.9 Å². The summed E-state index contributed by atoms with van der Waals surface area (Å²) in [6.07, 6.45) is 3.54. The van der Waals surface area contributed by atoms with Crippen LogP contribution in [0.3, 0.4) is 0 Å². The van der Waals surface area contributed by atoms with Crippen molar-refractivity contribution in [2.75, 3.05) is 6.54 Å². The minimum absolute atomic E-state index is 0. The summed E-state index contributed by atoms with van der Waals surface area (Å²) in [5, 5.41) is 2.06. The van der Waals surface area contributed by atoms with Crippen LogP contribution in [0.15, 0.2) is 108 Å². The van der Waals surface area contributed by atoms with Crippen molar-refractivity contribution in [3.05, 3.63) is 116 Å². The van der Waals surface area contributed by atoms with Gasteiger partial charge in [0, 0.05) is 55.4 Å². The number of furan rings is 1. The molecule has 0 unspecified atom stereocenters. The van der Waals surface area contributed by atoms with Gasteiger partial charge in [-0.15, -0.1) is 42.0 Å². The third-order valence-electron chi connectivity index (χ3n) is 6.33. The molecule has 0 fully saturated rings. The summed E-state index contributed by atoms with van der Waals surface area (Å²) in [6.45, 7) is 7.57. The maximum atomic E-state index is 6.10. The Labute approximate surface area is 247 Å². The van der Waals surface area contributed by atoms with Gasteiger partial charge in [-0.2, -0.15) is 12.1 Å². The summed E-state index contributed by atoms with van der Waals surface area (Å²) >= 11 is 0. The fourth-order valence-corrected chi connectivity index (χ4v) is 4.68. The Morgan fingerprint density at radius 2 is 1.55 bits per heavy atom. The van der Waals surface area contributed by atoms with Gasteiger partial charge in [-0.1, -0.05) is 59.6 Å². The molecule has 0 amide bonds. The standard InChI is InChI=1S/C23H20N3O.C11H8N.Ir/c1-23(2,3)14-25-15-26(19-11-5-4-10-18(19)25)20-12-6-8-16-17-9-7-13-24-22(17)27-21(16)20;1-2-6-10(7-3-1)11-8-4-5-9-12-11;/h4-11,13H,14H2,1-3H3;1-6,8-9H;/q+1;-1;. The molecule has 7 rings (SSSR count). The monoisotopic (exact) mass is 701 g/mol. The number of nitrogens with zero attached hydrogens (tertiary/aromatic N) is 4. The minimum atomic E-state index is 0. The van der Waals surface area contributed by atoms with Crippen LogP contribution in [0.2, 0.25) is 0 Å². The summed E-state index contributed by atoms with van der Waals surface area (Å²) < 4.78 is 10.3. The van der Waals surface area contributed by atoms with Crippen LogP contribution >= 0.6 is 0 Å². The number of benzene rings is 3. The molecule has 0 aliphatic carbocycles. The van der Waals surface area contributed by atoms with Crippen LogP contribution in [0.25, 0.3) is 33.3 Å². The van der Waals surface area contributed by atoms with Crippen molar-refractivity contribution in [2.24, 2.45) is 5.41 Å². The summed E-state index contributed by atoms with van der Waals surface area (Å²) in [6, 6.07) is 40.0. The molecule has 6 aromatic rings. The van der Waals surface area contributed by atoms with Crippen LogP contribution in [-0.2, 0) is 20.1 Å². The van der Waals surface area contributed by atoms with E-state index in [4.69, 9.17) is 4.42 Å². The van der Waals surface area contributed by atoms with Crippen LogP contribution < -0.4 is 4.58 Å². The second-order valence-corrected chi connectivity index (χ2v) is 10.6. The van der Waals surface area contributed by atoms with Crippen LogP contribution in [0.5, 0.6) is 0 Å². The Bertz CT molecular complexity index is 1810. The van der Waals surface area contributed by atoms with Gasteiger partial charge in [0.05, 0.1) is 5.58 Å². The first-order valence-electron chi connectivity index (χ1n) is 13.0. The van der Waals surface area contributed by atoms with Gasteiger partial charge in [0.15, 0.2) is 12.2 Å². The molecular formula is C34H28IrN4O. The zero-order chi connectivity index (χ0) is 26.8. The topological polar surface area (TPSA) is 44.9 Å². The van der Waals surface area contributed by atoms with Crippen molar-refractivity contribution in [3.8, 4) is 11.3 Å². The zero-order valence-corrected chi connectivity index (χ0v) is 24.9. The Morgan fingerprint density at radius 1 is 0.775 bits per heavy atom. The maximum Gasteiger partial charge on any atom is 0.494 e. The number of hydrogen-bond donors (Lipinski definition) is 0. The quantitative estimate of drug-likeness (QED) is 0.139. The van der Waals surface area contributed by atoms with Gasteiger partial charge in [-0.25, -0.2) is 4.98 Å². The van der Waals surface area contributed by atoms with E-state index in [1.54, 1.807) is 12.4 Å². The Kier molecular flexibility index (Phi) is 7.86. The summed E-state index contributed by atoms with van der Waals surface area (Å²) in [5.74, 6) is 0. The van der Waals surface area contributed by atoms with E-state index in [9.17, 15) is 0 Å². The molecule has 0 spiro atoms. The molecule has 4 heterocycles. The van der Waals surface area contributed by atoms with Gasteiger partial charge >= 0.3 is 6.01 Å². The van der Waals surface area contributed by atoms with Crippen molar-refractivity contribution < 1.29 is 29.1 Å². The molecule has 0 saturated carbocycles. The Hall–Kier alpha value is -4.21. The van der Waals surface area contributed by atoms with E-state index in [0.29, 0.717) is 5.71 Å². The first-order valence-corrected chi connectivity index (χ1v) is 13.0. The van der Waals surface area contributed by atoms with Crippen LogP contribution in [0.4, 0.5) is 17.1 Å². The number of rotatable bonds is 3. The first kappa shape index (κ1) is 27.4. The van der Waals surface area contributed by atoms with E-state index in [-0.39, 0.29) is 25.5 Å². The van der Waals surface area contributed by atoms with E-state index in [0.717, 1.165) is 51.2 Å². The molecule has 1 radical (unpaired) electrons. The van der Waals surface area contributed by atoms with Gasteiger partial charge < -0.3 is 9.40 Å². The van der Waals surface area contributed by atoms with Crippen molar-refractivity contribution in [3.63, 3.8) is 0 Å². The van der Waals surface area contributed by atoms with Crippen LogP contribution in [0, 0.1) is 17.5 Å². The fourth-order valence-electron chi connectivity index (χ4n) is 4.68. The molecule has 6 heteroatoms. The van der Waals surface area contributed by atoms with E-state index in [2.05, 4.69) is 77.7 Å². The second-order valence-electron chi connectivity index (χ2n) is 10.6. The zero-order valence-electron chi connectivity index (χ0n) is 22.6. The molecule has 199 valence electrons. The maximum absolute atomic E-state index is 6.10. The molecule has 0 N–H and O–H groups in total. The normalized spacial score (nSPS) is 12.2. The average molecular weight is 701 g/mol. The van der Waals surface area contributed by atoms with Crippen molar-refractivity contribution in [1.82, 2.24) is 14.5 Å². The Balaban J connectivity index is 0.000000209. The number of fused-ring (bicyclic) bond motifs is 4. The van der Waals surface area contributed by atoms with Crippen molar-refractivity contribution >= 4 is 45.1 Å². The third kappa shape index (κ3) is 5.57. The number of aromatic nitrogens is 2. The summed E-state index contributed by atoms with van der Waals surface area (Å²) in [7, 11) is 0. The first-order chi connectivity index (χ1) is 19.0. The molecule has 3 aromatic heterocycles. The second kappa shape index (κ2) is 11.5. The summed E-state index contributed by atoms with van der Waals surface area (Å²) in [4.78, 5) is 8.58. The van der Waals surface area contributed by atoms with E-state index >= 15 is 0 Å². The number of para-hydroxylation sites is 2. The number of hydrogen-bond acceptors (Lipinski definition) is 3. The molecule has 3 aromatic carbocycles. The van der Waals surface area contributed by atoms with E-state index in [1.165, 1.54) is 0 Å². The molecule has 40 heavy (non-hydrogen) atoms. The Morgan fingerprint density at radius 3 is 2.30 bits per heavy atom. The predicted octanol–water partition coefficient (Wildman–Crippen LogP) is 8.04. The number of pyridine rings is 2. The smallest absolute Gasteiger partial charge is 0.494 e. The molecule has 0 saturated heterocycles. The minimum Gasteiger partial charge on any atom is -0.495 e. The van der Waals surface area contributed by atoms with Crippen LogP contribution in [-0.4, -0.2) is 27.1 Å². The molecule has 1 aliphatic heterocycles. The van der Waals surface area contributed by atoms with Crippen molar-refractivity contribution in [2.45, 2.75) is 20.8 Å². The molecule has 1 aliphatic rings. The fraction of sp³-hybridized carbons (Fsp3) is 0.147.